The van der Waals surface area contributed by atoms with Crippen LogP contribution in [0.1, 0.15) is 5.56 Å². The van der Waals surface area contributed by atoms with E-state index in [9.17, 15) is 0 Å². The molecule has 0 amide bonds. The molecule has 0 fully saturated rings. The second kappa shape index (κ2) is 4.50. The first-order chi connectivity index (χ1) is 6.19. The maximum absolute atomic E-state index is 5.16. The summed E-state index contributed by atoms with van der Waals surface area (Å²) in [6, 6.07) is 5.74. The van der Waals surface area contributed by atoms with Gasteiger partial charge in [-0.2, -0.15) is 0 Å². The fraction of sp³-hybridized carbons (Fsp3) is 0.200. The van der Waals surface area contributed by atoms with Crippen molar-refractivity contribution in [2.24, 2.45) is 0 Å². The molecule has 1 aromatic carbocycles. The maximum Gasteiger partial charge on any atom is 0.161 e. The molecule has 1 aromatic rings. The van der Waals surface area contributed by atoms with Gasteiger partial charge in [0.25, 0.3) is 0 Å². The van der Waals surface area contributed by atoms with Crippen LogP contribution in [-0.2, 0) is 0 Å². The number of hydrogen-bond donors (Lipinski definition) is 0. The Labute approximate surface area is 91.7 Å². The smallest absolute Gasteiger partial charge is 0.161 e. The minimum Gasteiger partial charge on any atom is -0.493 e. The second-order valence-corrected chi connectivity index (χ2v) is 3.78. The highest BCUT2D eigenvalue weighted by Gasteiger charge is 2.04. The van der Waals surface area contributed by atoms with Crippen molar-refractivity contribution >= 4 is 26.2 Å². The van der Waals surface area contributed by atoms with E-state index in [1.165, 1.54) is 0 Å². The third-order valence-corrected chi connectivity index (χ3v) is 2.32. The molecule has 0 atom stereocenters. The molecule has 0 unspecified atom stereocenters. The van der Waals surface area contributed by atoms with Gasteiger partial charge in [0.1, 0.15) is 0 Å². The predicted octanol–water partition coefficient (Wildman–Crippen LogP) is 3.11. The average molecular weight is 290 g/mol. The van der Waals surface area contributed by atoms with Crippen molar-refractivity contribution in [1.82, 2.24) is 0 Å². The van der Waals surface area contributed by atoms with Gasteiger partial charge in [-0.15, -0.1) is 0 Å². The number of methoxy groups -OCH3 is 2. The molecule has 70 valence electrons. The van der Waals surface area contributed by atoms with E-state index in [-0.39, 0.29) is 0 Å². The minimum absolute atomic E-state index is 0.734. The molecule has 0 saturated heterocycles. The topological polar surface area (TPSA) is 18.5 Å². The highest BCUT2D eigenvalue weighted by molar-refractivity contribution is 14.1. The summed E-state index contributed by atoms with van der Waals surface area (Å²) in [6.45, 7) is 3.85. The van der Waals surface area contributed by atoms with Crippen LogP contribution in [0.5, 0.6) is 11.5 Å². The summed E-state index contributed by atoms with van der Waals surface area (Å²) in [5, 5.41) is 0. The Morgan fingerprint density at radius 1 is 1.23 bits per heavy atom. The summed E-state index contributed by atoms with van der Waals surface area (Å²) in [7, 11) is 3.24. The molecule has 0 saturated carbocycles. The molecule has 0 aliphatic carbocycles. The zero-order valence-electron chi connectivity index (χ0n) is 7.63. The lowest BCUT2D eigenvalue weighted by molar-refractivity contribution is 0.355. The van der Waals surface area contributed by atoms with E-state index < -0.39 is 0 Å². The van der Waals surface area contributed by atoms with Gasteiger partial charge in [0.15, 0.2) is 11.5 Å². The first-order valence-corrected chi connectivity index (χ1v) is 4.83. The number of benzene rings is 1. The Hall–Kier alpha value is -0.710. The highest BCUT2D eigenvalue weighted by Crippen LogP contribution is 2.31. The van der Waals surface area contributed by atoms with Gasteiger partial charge in [-0.3, -0.25) is 0 Å². The van der Waals surface area contributed by atoms with Gasteiger partial charge in [0, 0.05) is 3.58 Å². The van der Waals surface area contributed by atoms with Crippen LogP contribution in [0.4, 0.5) is 0 Å². The monoisotopic (exact) mass is 290 g/mol. The molecular formula is C10H11IO2. The molecule has 0 aliphatic rings. The van der Waals surface area contributed by atoms with Gasteiger partial charge < -0.3 is 9.47 Å². The van der Waals surface area contributed by atoms with E-state index in [1.807, 2.05) is 18.2 Å². The number of ether oxygens (including phenoxy) is 2. The van der Waals surface area contributed by atoms with Gasteiger partial charge in [0.2, 0.25) is 0 Å². The Balaban J connectivity index is 3.13. The molecule has 0 N–H and O–H groups in total. The lowest BCUT2D eigenvalue weighted by Crippen LogP contribution is -1.90. The molecule has 0 radical (unpaired) electrons. The first-order valence-electron chi connectivity index (χ1n) is 3.76. The van der Waals surface area contributed by atoms with Gasteiger partial charge in [-0.25, -0.2) is 0 Å². The zero-order valence-corrected chi connectivity index (χ0v) is 9.79. The fourth-order valence-corrected chi connectivity index (χ4v) is 1.34. The standard InChI is InChI=1S/C10H11IO2/c1-7(11)8-4-5-9(12-2)10(6-8)13-3/h4-6H,1H2,2-3H3. The van der Waals surface area contributed by atoms with Crippen molar-refractivity contribution in [3.8, 4) is 11.5 Å². The molecule has 0 aromatic heterocycles. The Morgan fingerprint density at radius 3 is 2.31 bits per heavy atom. The van der Waals surface area contributed by atoms with E-state index in [2.05, 4.69) is 29.2 Å². The summed E-state index contributed by atoms with van der Waals surface area (Å²) < 4.78 is 11.3. The normalized spacial score (nSPS) is 9.46. The summed E-state index contributed by atoms with van der Waals surface area (Å²) in [4.78, 5) is 0. The van der Waals surface area contributed by atoms with E-state index in [0.29, 0.717) is 0 Å². The molecule has 0 spiro atoms. The van der Waals surface area contributed by atoms with E-state index >= 15 is 0 Å². The SMILES string of the molecule is C=C(I)c1ccc(OC)c(OC)c1. The molecule has 13 heavy (non-hydrogen) atoms. The van der Waals surface area contributed by atoms with Crippen LogP contribution in [0.2, 0.25) is 0 Å². The van der Waals surface area contributed by atoms with Crippen molar-refractivity contribution in [3.63, 3.8) is 0 Å². The molecule has 0 aliphatic heterocycles. The molecule has 0 bridgehead atoms. The first kappa shape index (κ1) is 10.4. The largest absolute Gasteiger partial charge is 0.493 e. The summed E-state index contributed by atoms with van der Waals surface area (Å²) in [6.07, 6.45) is 0. The molecule has 1 rings (SSSR count). The molecule has 3 heteroatoms. The second-order valence-electron chi connectivity index (χ2n) is 2.47. The van der Waals surface area contributed by atoms with Crippen LogP contribution < -0.4 is 9.47 Å². The van der Waals surface area contributed by atoms with Crippen LogP contribution in [-0.4, -0.2) is 14.2 Å². The summed E-state index contributed by atoms with van der Waals surface area (Å²) in [5.41, 5.74) is 1.05. The fourth-order valence-electron chi connectivity index (χ4n) is 1.00. The predicted molar refractivity (Wildman–Crippen MR) is 62.6 cm³/mol. The maximum atomic E-state index is 5.16. The van der Waals surface area contributed by atoms with Gasteiger partial charge >= 0.3 is 0 Å². The summed E-state index contributed by atoms with van der Waals surface area (Å²) >= 11 is 2.17. The Morgan fingerprint density at radius 2 is 1.85 bits per heavy atom. The van der Waals surface area contributed by atoms with Crippen molar-refractivity contribution in [2.45, 2.75) is 0 Å². The number of hydrogen-bond acceptors (Lipinski definition) is 2. The van der Waals surface area contributed by atoms with Crippen LogP contribution >= 0.6 is 22.6 Å². The quantitative estimate of drug-likeness (QED) is 0.796. The lowest BCUT2D eigenvalue weighted by atomic mass is 10.2. The lowest BCUT2D eigenvalue weighted by Gasteiger charge is -2.08. The van der Waals surface area contributed by atoms with Crippen molar-refractivity contribution < 1.29 is 9.47 Å². The van der Waals surface area contributed by atoms with Crippen LogP contribution in [0.25, 0.3) is 3.58 Å². The third-order valence-electron chi connectivity index (χ3n) is 1.70. The van der Waals surface area contributed by atoms with E-state index in [4.69, 9.17) is 9.47 Å². The van der Waals surface area contributed by atoms with Gasteiger partial charge in [0.05, 0.1) is 14.2 Å². The number of halogens is 1. The average Bonchev–Trinajstić information content (AvgIpc) is 2.16. The van der Waals surface area contributed by atoms with Crippen LogP contribution in [0.15, 0.2) is 24.8 Å². The highest BCUT2D eigenvalue weighted by atomic mass is 127. The van der Waals surface area contributed by atoms with Crippen molar-refractivity contribution in [2.75, 3.05) is 14.2 Å². The van der Waals surface area contributed by atoms with Crippen LogP contribution in [0, 0.1) is 0 Å². The van der Waals surface area contributed by atoms with Crippen molar-refractivity contribution in [1.29, 1.82) is 0 Å². The van der Waals surface area contributed by atoms with Crippen molar-refractivity contribution in [3.05, 3.63) is 30.3 Å². The third kappa shape index (κ3) is 2.37. The molecular weight excluding hydrogens is 279 g/mol. The Bertz CT molecular complexity index is 321. The number of rotatable bonds is 3. The molecule has 2 nitrogen and oxygen atoms in total. The van der Waals surface area contributed by atoms with E-state index in [1.54, 1.807) is 14.2 Å². The minimum atomic E-state index is 0.734. The van der Waals surface area contributed by atoms with Gasteiger partial charge in [-0.1, -0.05) is 6.58 Å². The zero-order chi connectivity index (χ0) is 9.84. The summed E-state index contributed by atoms with van der Waals surface area (Å²) in [5.74, 6) is 1.47. The Kier molecular flexibility index (Phi) is 3.59. The van der Waals surface area contributed by atoms with Crippen LogP contribution in [0.3, 0.4) is 0 Å². The van der Waals surface area contributed by atoms with E-state index in [0.717, 1.165) is 20.6 Å². The molecule has 0 heterocycles. The van der Waals surface area contributed by atoms with Gasteiger partial charge in [-0.05, 0) is 46.4 Å².